The van der Waals surface area contributed by atoms with Crippen LogP contribution in [-0.2, 0) is 16.0 Å². The smallest absolute Gasteiger partial charge is 0.243 e. The van der Waals surface area contributed by atoms with Crippen LogP contribution in [0.4, 0.5) is 0 Å². The molecule has 0 saturated carbocycles. The fraction of sp³-hybridized carbons (Fsp3) is 0.417. The lowest BCUT2D eigenvalue weighted by atomic mass is 10.1. The van der Waals surface area contributed by atoms with Crippen LogP contribution < -0.4 is 24.3 Å². The number of rotatable bonds is 9. The van der Waals surface area contributed by atoms with Crippen LogP contribution >= 0.6 is 11.8 Å². The van der Waals surface area contributed by atoms with Crippen molar-refractivity contribution in [2.75, 3.05) is 40.7 Å². The number of hydrogen-bond donors (Lipinski definition) is 1. The Balaban J connectivity index is 1.66. The summed E-state index contributed by atoms with van der Waals surface area (Å²) in [6.07, 6.45) is 0.630. The van der Waals surface area contributed by atoms with Gasteiger partial charge in [-0.3, -0.25) is 9.59 Å². The average Bonchev–Trinajstić information content (AvgIpc) is 3.29. The van der Waals surface area contributed by atoms with Crippen LogP contribution in [0.3, 0.4) is 0 Å². The van der Waals surface area contributed by atoms with E-state index in [2.05, 4.69) is 5.32 Å². The quantitative estimate of drug-likeness (QED) is 0.598. The molecule has 1 heterocycles. The molecule has 0 radical (unpaired) electrons. The fourth-order valence-corrected chi connectivity index (χ4v) is 5.31. The van der Waals surface area contributed by atoms with Crippen molar-refractivity contribution >= 4 is 23.6 Å². The summed E-state index contributed by atoms with van der Waals surface area (Å²) in [6.45, 7) is 1.94. The van der Waals surface area contributed by atoms with E-state index in [1.165, 1.54) is 6.92 Å². The number of benzene rings is 2. The molecule has 1 saturated heterocycles. The number of carbonyl (C=O) groups is 2. The van der Waals surface area contributed by atoms with Crippen molar-refractivity contribution in [3.05, 3.63) is 47.5 Å². The van der Waals surface area contributed by atoms with Crippen molar-refractivity contribution < 1.29 is 28.5 Å². The average molecular weight is 475 g/mol. The summed E-state index contributed by atoms with van der Waals surface area (Å²) in [5, 5.41) is 2.70. The van der Waals surface area contributed by atoms with Crippen molar-refractivity contribution in [1.29, 1.82) is 0 Å². The highest BCUT2D eigenvalue weighted by Gasteiger charge is 2.41. The molecule has 2 unspecified atom stereocenters. The minimum Gasteiger partial charge on any atom is -0.493 e. The van der Waals surface area contributed by atoms with E-state index in [1.807, 2.05) is 36.4 Å². The molecule has 2 amide bonds. The molecule has 0 spiro atoms. The lowest BCUT2D eigenvalue weighted by Crippen LogP contribution is -2.47. The van der Waals surface area contributed by atoms with Gasteiger partial charge in [-0.05, 0) is 41.8 Å². The maximum absolute atomic E-state index is 13.0. The second-order valence-electron chi connectivity index (χ2n) is 7.47. The van der Waals surface area contributed by atoms with Crippen molar-refractivity contribution in [2.24, 2.45) is 0 Å². The second-order valence-corrected chi connectivity index (χ2v) is 8.59. The molecule has 0 aliphatic carbocycles. The SMILES string of the molecule is COc1ccc(CCNC(=O)C2CSC(c3ccc(OC)c(OC)c3)N2C(C)=O)cc1OC. The Morgan fingerprint density at radius 3 is 2.15 bits per heavy atom. The molecular formula is C24H30N2O6S. The highest BCUT2D eigenvalue weighted by Crippen LogP contribution is 2.43. The van der Waals surface area contributed by atoms with Crippen LogP contribution in [0.25, 0.3) is 0 Å². The molecule has 2 atom stereocenters. The van der Waals surface area contributed by atoms with Crippen molar-refractivity contribution in [2.45, 2.75) is 24.8 Å². The molecule has 3 rings (SSSR count). The molecule has 1 aliphatic heterocycles. The van der Waals surface area contributed by atoms with E-state index in [4.69, 9.17) is 18.9 Å². The Bertz CT molecular complexity index is 999. The van der Waals surface area contributed by atoms with E-state index >= 15 is 0 Å². The first-order valence-electron chi connectivity index (χ1n) is 10.5. The van der Waals surface area contributed by atoms with E-state index in [-0.39, 0.29) is 17.2 Å². The molecule has 8 nitrogen and oxygen atoms in total. The first-order chi connectivity index (χ1) is 15.9. The van der Waals surface area contributed by atoms with Gasteiger partial charge in [0.15, 0.2) is 23.0 Å². The monoisotopic (exact) mass is 474 g/mol. The topological polar surface area (TPSA) is 86.3 Å². The van der Waals surface area contributed by atoms with Gasteiger partial charge in [0.05, 0.1) is 28.4 Å². The number of amides is 2. The van der Waals surface area contributed by atoms with E-state index in [9.17, 15) is 9.59 Å². The number of nitrogens with one attached hydrogen (secondary N) is 1. The molecule has 2 aromatic carbocycles. The van der Waals surface area contributed by atoms with E-state index in [0.29, 0.717) is 41.7 Å². The van der Waals surface area contributed by atoms with Crippen LogP contribution in [0.1, 0.15) is 23.4 Å². The molecule has 1 aliphatic rings. The summed E-state index contributed by atoms with van der Waals surface area (Å²) < 4.78 is 21.3. The molecule has 9 heteroatoms. The van der Waals surface area contributed by atoms with Gasteiger partial charge in [0.25, 0.3) is 0 Å². The highest BCUT2D eigenvalue weighted by molar-refractivity contribution is 7.99. The Morgan fingerprint density at radius 1 is 0.939 bits per heavy atom. The molecule has 1 fully saturated rings. The maximum atomic E-state index is 13.0. The Kier molecular flexibility index (Phi) is 8.32. The van der Waals surface area contributed by atoms with Gasteiger partial charge in [0.1, 0.15) is 11.4 Å². The van der Waals surface area contributed by atoms with Gasteiger partial charge in [-0.2, -0.15) is 0 Å². The zero-order chi connectivity index (χ0) is 24.0. The molecule has 1 N–H and O–H groups in total. The van der Waals surface area contributed by atoms with E-state index < -0.39 is 6.04 Å². The van der Waals surface area contributed by atoms with Crippen molar-refractivity contribution in [3.8, 4) is 23.0 Å². The minimum absolute atomic E-state index is 0.153. The lowest BCUT2D eigenvalue weighted by Gasteiger charge is -2.28. The molecule has 2 aromatic rings. The first-order valence-corrected chi connectivity index (χ1v) is 11.6. The predicted molar refractivity (Wildman–Crippen MR) is 127 cm³/mol. The predicted octanol–water partition coefficient (Wildman–Crippen LogP) is 3.04. The van der Waals surface area contributed by atoms with Crippen molar-refractivity contribution in [3.63, 3.8) is 0 Å². The summed E-state index contributed by atoms with van der Waals surface area (Å²) in [7, 11) is 6.33. The zero-order valence-corrected chi connectivity index (χ0v) is 20.4. The molecule has 0 bridgehead atoms. The normalized spacial score (nSPS) is 17.4. The van der Waals surface area contributed by atoms with Gasteiger partial charge in [0, 0.05) is 19.2 Å². The summed E-state index contributed by atoms with van der Waals surface area (Å²) in [6, 6.07) is 10.7. The molecule has 33 heavy (non-hydrogen) atoms. The third kappa shape index (κ3) is 5.47. The number of ether oxygens (including phenoxy) is 4. The standard InChI is InChI=1S/C24H30N2O6S/c1-15(27)26-18(14-33-24(26)17-7-9-20(30-3)22(13-17)32-5)23(28)25-11-10-16-6-8-19(29-2)21(12-16)31-4/h6-9,12-13,18,24H,10-11,14H2,1-5H3,(H,25,28). The Labute approximate surface area is 198 Å². The van der Waals surface area contributed by atoms with Crippen molar-refractivity contribution in [1.82, 2.24) is 10.2 Å². The van der Waals surface area contributed by atoms with Crippen LogP contribution in [0.5, 0.6) is 23.0 Å². The number of nitrogens with zero attached hydrogens (tertiary/aromatic N) is 1. The van der Waals surface area contributed by atoms with Gasteiger partial charge >= 0.3 is 0 Å². The minimum atomic E-state index is -0.545. The summed E-state index contributed by atoms with van der Waals surface area (Å²) in [5.74, 6) is 2.70. The largest absolute Gasteiger partial charge is 0.493 e. The number of hydrogen-bond acceptors (Lipinski definition) is 7. The van der Waals surface area contributed by atoms with Crippen LogP contribution in [0, 0.1) is 0 Å². The third-order valence-corrected chi connectivity index (χ3v) is 6.84. The van der Waals surface area contributed by atoms with Crippen LogP contribution in [-0.4, -0.2) is 63.5 Å². The Morgan fingerprint density at radius 2 is 1.55 bits per heavy atom. The van der Waals surface area contributed by atoms with Gasteiger partial charge in [-0.15, -0.1) is 11.8 Å². The van der Waals surface area contributed by atoms with Gasteiger partial charge < -0.3 is 29.2 Å². The maximum Gasteiger partial charge on any atom is 0.243 e. The van der Waals surface area contributed by atoms with Crippen LogP contribution in [0.15, 0.2) is 36.4 Å². The summed E-state index contributed by atoms with van der Waals surface area (Å²) >= 11 is 1.56. The number of carbonyl (C=O) groups excluding carboxylic acids is 2. The highest BCUT2D eigenvalue weighted by atomic mass is 32.2. The zero-order valence-electron chi connectivity index (χ0n) is 19.5. The second kappa shape index (κ2) is 11.2. The molecular weight excluding hydrogens is 444 g/mol. The number of thioether (sulfide) groups is 1. The van der Waals surface area contributed by atoms with E-state index in [1.54, 1.807) is 45.1 Å². The van der Waals surface area contributed by atoms with Gasteiger partial charge in [-0.25, -0.2) is 0 Å². The van der Waals surface area contributed by atoms with Gasteiger partial charge in [0.2, 0.25) is 11.8 Å². The fourth-order valence-electron chi connectivity index (χ4n) is 3.84. The summed E-state index contributed by atoms with van der Waals surface area (Å²) in [5.41, 5.74) is 1.90. The van der Waals surface area contributed by atoms with Gasteiger partial charge in [-0.1, -0.05) is 12.1 Å². The lowest BCUT2D eigenvalue weighted by molar-refractivity contribution is -0.138. The third-order valence-electron chi connectivity index (χ3n) is 5.52. The molecule has 178 valence electrons. The summed E-state index contributed by atoms with van der Waals surface area (Å²) in [4.78, 5) is 27.1. The number of methoxy groups -OCH3 is 4. The Hall–Kier alpha value is -3.07. The first kappa shape index (κ1) is 24.6. The molecule has 0 aromatic heterocycles. The van der Waals surface area contributed by atoms with Crippen LogP contribution in [0.2, 0.25) is 0 Å². The van der Waals surface area contributed by atoms with E-state index in [0.717, 1.165) is 11.1 Å².